The number of nitrogens with one attached hydrogen (secondary N) is 3. The quantitative estimate of drug-likeness (QED) is 0.435. The fourth-order valence-electron chi connectivity index (χ4n) is 2.88. The number of aryl methyl sites for hydroxylation is 1. The van der Waals surface area contributed by atoms with E-state index in [0.29, 0.717) is 23.7 Å². The van der Waals surface area contributed by atoms with E-state index >= 15 is 0 Å². The van der Waals surface area contributed by atoms with Gasteiger partial charge in [0.25, 0.3) is 15.9 Å². The Balaban J connectivity index is 1.64. The van der Waals surface area contributed by atoms with Gasteiger partial charge < -0.3 is 10.1 Å². The third kappa shape index (κ3) is 6.08. The zero-order chi connectivity index (χ0) is 22.3. The van der Waals surface area contributed by atoms with E-state index in [1.54, 1.807) is 24.3 Å². The van der Waals surface area contributed by atoms with Crippen molar-refractivity contribution in [2.24, 2.45) is 0 Å². The Morgan fingerprint density at radius 1 is 1.03 bits per heavy atom. The molecule has 9 heteroatoms. The van der Waals surface area contributed by atoms with E-state index in [0.717, 1.165) is 19.3 Å². The molecule has 164 valence electrons. The van der Waals surface area contributed by atoms with Crippen LogP contribution in [0.3, 0.4) is 0 Å². The molecule has 0 bridgehead atoms. The molecule has 0 unspecified atom stereocenters. The van der Waals surface area contributed by atoms with Crippen molar-refractivity contribution < 1.29 is 17.9 Å². The lowest BCUT2D eigenvalue weighted by Gasteiger charge is -2.07. The Bertz CT molecular complexity index is 1110. The molecule has 2 aromatic carbocycles. The number of hydrogen-bond acceptors (Lipinski definition) is 5. The third-order valence-electron chi connectivity index (χ3n) is 4.52. The number of aromatic nitrogens is 2. The summed E-state index contributed by atoms with van der Waals surface area (Å²) in [4.78, 5) is 12.4. The monoisotopic (exact) mass is 442 g/mol. The van der Waals surface area contributed by atoms with Gasteiger partial charge in [-0.1, -0.05) is 25.5 Å². The number of sulfonamides is 1. The molecule has 0 fully saturated rings. The second-order valence-corrected chi connectivity index (χ2v) is 8.59. The number of carbonyl (C=O) groups is 1. The van der Waals surface area contributed by atoms with Crippen LogP contribution in [0.5, 0.6) is 5.75 Å². The molecule has 1 aromatic heterocycles. The summed E-state index contributed by atoms with van der Waals surface area (Å²) in [6.45, 7) is 4.53. The van der Waals surface area contributed by atoms with Crippen LogP contribution in [0.4, 0.5) is 11.4 Å². The lowest BCUT2D eigenvalue weighted by molar-refractivity contribution is 0.102. The second-order valence-electron chi connectivity index (χ2n) is 6.93. The number of ether oxygens (including phenoxy) is 1. The van der Waals surface area contributed by atoms with Gasteiger partial charge in [-0.25, -0.2) is 0 Å². The van der Waals surface area contributed by atoms with E-state index in [1.807, 2.05) is 31.2 Å². The molecule has 1 amide bonds. The third-order valence-corrected chi connectivity index (χ3v) is 5.82. The van der Waals surface area contributed by atoms with Crippen molar-refractivity contribution in [3.63, 3.8) is 0 Å². The van der Waals surface area contributed by atoms with Crippen LogP contribution in [0, 0.1) is 0 Å². The van der Waals surface area contributed by atoms with Crippen molar-refractivity contribution >= 4 is 27.3 Å². The first-order chi connectivity index (χ1) is 14.9. The lowest BCUT2D eigenvalue weighted by atomic mass is 10.1. The predicted octanol–water partition coefficient (Wildman–Crippen LogP) is 4.20. The number of anilines is 2. The van der Waals surface area contributed by atoms with Crippen LogP contribution in [-0.4, -0.2) is 31.1 Å². The summed E-state index contributed by atoms with van der Waals surface area (Å²) in [6, 6.07) is 15.3. The first-order valence-corrected chi connectivity index (χ1v) is 11.6. The van der Waals surface area contributed by atoms with Gasteiger partial charge in [-0.15, -0.1) is 0 Å². The normalized spacial score (nSPS) is 11.2. The summed E-state index contributed by atoms with van der Waals surface area (Å²) in [5.74, 6) is 0.143. The highest BCUT2D eigenvalue weighted by molar-refractivity contribution is 7.92. The molecule has 0 radical (unpaired) electrons. The fourth-order valence-corrected chi connectivity index (χ4v) is 3.87. The van der Waals surface area contributed by atoms with Crippen LogP contribution in [-0.2, 0) is 16.4 Å². The summed E-state index contributed by atoms with van der Waals surface area (Å²) in [5.41, 5.74) is 2.16. The highest BCUT2D eigenvalue weighted by atomic mass is 32.2. The number of hydrogen-bond donors (Lipinski definition) is 3. The Morgan fingerprint density at radius 2 is 1.71 bits per heavy atom. The zero-order valence-electron chi connectivity index (χ0n) is 17.5. The van der Waals surface area contributed by atoms with Crippen LogP contribution >= 0.6 is 0 Å². The summed E-state index contributed by atoms with van der Waals surface area (Å²) >= 11 is 0. The van der Waals surface area contributed by atoms with Gasteiger partial charge in [0.15, 0.2) is 10.7 Å². The van der Waals surface area contributed by atoms with Crippen LogP contribution in [0.1, 0.15) is 42.7 Å². The summed E-state index contributed by atoms with van der Waals surface area (Å²) in [7, 11) is -3.93. The van der Waals surface area contributed by atoms with Crippen LogP contribution < -0.4 is 14.8 Å². The van der Waals surface area contributed by atoms with E-state index in [2.05, 4.69) is 27.2 Å². The summed E-state index contributed by atoms with van der Waals surface area (Å²) < 4.78 is 33.0. The molecule has 1 heterocycles. The van der Waals surface area contributed by atoms with Gasteiger partial charge in [0.1, 0.15) is 5.75 Å². The van der Waals surface area contributed by atoms with E-state index in [1.165, 1.54) is 11.6 Å². The predicted molar refractivity (Wildman–Crippen MR) is 120 cm³/mol. The molecule has 0 saturated carbocycles. The van der Waals surface area contributed by atoms with Crippen molar-refractivity contribution in [2.45, 2.75) is 38.1 Å². The zero-order valence-corrected chi connectivity index (χ0v) is 18.3. The number of benzene rings is 2. The van der Waals surface area contributed by atoms with Crippen molar-refractivity contribution in [1.29, 1.82) is 0 Å². The van der Waals surface area contributed by atoms with Crippen molar-refractivity contribution in [3.05, 3.63) is 65.9 Å². The molecule has 0 spiro atoms. The van der Waals surface area contributed by atoms with Crippen molar-refractivity contribution in [2.75, 3.05) is 16.6 Å². The minimum atomic E-state index is -3.93. The largest absolute Gasteiger partial charge is 0.494 e. The maximum absolute atomic E-state index is 12.6. The number of unbranched alkanes of at least 4 members (excludes halogenated alkanes) is 1. The average Bonchev–Trinajstić information content (AvgIpc) is 3.26. The van der Waals surface area contributed by atoms with Gasteiger partial charge >= 0.3 is 0 Å². The van der Waals surface area contributed by atoms with E-state index < -0.39 is 15.9 Å². The number of rotatable bonds is 10. The van der Waals surface area contributed by atoms with Gasteiger partial charge in [0.2, 0.25) is 0 Å². The molecule has 0 aliphatic heterocycles. The van der Waals surface area contributed by atoms with Crippen LogP contribution in [0.15, 0.2) is 59.6 Å². The minimum Gasteiger partial charge on any atom is -0.494 e. The number of H-pyrrole nitrogens is 1. The Morgan fingerprint density at radius 3 is 2.35 bits per heavy atom. The number of carbonyl (C=O) groups excluding carboxylic acids is 1. The maximum atomic E-state index is 12.6. The standard InChI is InChI=1S/C22H26N4O4S/c1-3-5-6-16-7-9-17(10-8-16)23-22(27)20-15-21(25-24-20)31(28,29)26-18-11-13-19(14-12-18)30-4-2/h7-15,26H,3-6H2,1-2H3,(H,23,27)(H,24,25). The molecule has 0 saturated heterocycles. The van der Waals surface area contributed by atoms with Gasteiger partial charge in [0, 0.05) is 17.4 Å². The molecule has 31 heavy (non-hydrogen) atoms. The van der Waals surface area contributed by atoms with Crippen LogP contribution in [0.2, 0.25) is 0 Å². The smallest absolute Gasteiger partial charge is 0.278 e. The number of aromatic amines is 1. The first-order valence-electron chi connectivity index (χ1n) is 10.1. The van der Waals surface area contributed by atoms with Gasteiger partial charge in [-0.3, -0.25) is 14.6 Å². The Hall–Kier alpha value is -3.33. The topological polar surface area (TPSA) is 113 Å². The highest BCUT2D eigenvalue weighted by Crippen LogP contribution is 2.19. The maximum Gasteiger partial charge on any atom is 0.278 e. The number of amides is 1. The minimum absolute atomic E-state index is 0.0258. The molecular weight excluding hydrogens is 416 g/mol. The van der Waals surface area contributed by atoms with Crippen molar-refractivity contribution in [1.82, 2.24) is 10.2 Å². The lowest BCUT2D eigenvalue weighted by Crippen LogP contribution is -2.14. The summed E-state index contributed by atoms with van der Waals surface area (Å²) in [5, 5.41) is 8.77. The Labute approximate surface area is 182 Å². The molecule has 3 aromatic rings. The first kappa shape index (κ1) is 22.4. The average molecular weight is 443 g/mol. The highest BCUT2D eigenvalue weighted by Gasteiger charge is 2.20. The SMILES string of the molecule is CCCCc1ccc(NC(=O)c2cc(S(=O)(=O)Nc3ccc(OCC)cc3)[nH]n2)cc1. The van der Waals surface area contributed by atoms with E-state index in [4.69, 9.17) is 4.74 Å². The summed E-state index contributed by atoms with van der Waals surface area (Å²) in [6.07, 6.45) is 3.23. The van der Waals surface area contributed by atoms with E-state index in [-0.39, 0.29) is 10.7 Å². The van der Waals surface area contributed by atoms with Crippen molar-refractivity contribution in [3.8, 4) is 5.75 Å². The van der Waals surface area contributed by atoms with E-state index in [9.17, 15) is 13.2 Å². The molecule has 0 aliphatic carbocycles. The van der Waals surface area contributed by atoms with Gasteiger partial charge in [-0.05, 0) is 61.7 Å². The Kier molecular flexibility index (Phi) is 7.30. The molecule has 0 aliphatic rings. The van der Waals surface area contributed by atoms with Crippen LogP contribution in [0.25, 0.3) is 0 Å². The fraction of sp³-hybridized carbons (Fsp3) is 0.273. The molecular formula is C22H26N4O4S. The van der Waals surface area contributed by atoms with Gasteiger partial charge in [0.05, 0.1) is 6.61 Å². The molecule has 3 N–H and O–H groups in total. The van der Waals surface area contributed by atoms with Gasteiger partial charge in [-0.2, -0.15) is 13.5 Å². The molecule has 3 rings (SSSR count). The molecule has 0 atom stereocenters. The second kappa shape index (κ2) is 10.1. The molecule has 8 nitrogen and oxygen atoms in total. The number of nitrogens with zero attached hydrogens (tertiary/aromatic N) is 1.